The molecule has 0 aliphatic rings. The summed E-state index contributed by atoms with van der Waals surface area (Å²) in [6, 6.07) is 5.16. The van der Waals surface area contributed by atoms with Gasteiger partial charge in [-0.3, -0.25) is 4.79 Å². The molecule has 8 heteroatoms. The van der Waals surface area contributed by atoms with E-state index in [1.807, 2.05) is 6.92 Å². The second-order valence-corrected chi connectivity index (χ2v) is 7.24. The molecule has 0 spiro atoms. The fraction of sp³-hybridized carbons (Fsp3) is 0.312. The maximum Gasteiger partial charge on any atom is 0.350 e. The molecule has 0 aliphatic carbocycles. The molecule has 0 unspecified atom stereocenters. The van der Waals surface area contributed by atoms with Crippen molar-refractivity contribution in [3.8, 4) is 0 Å². The van der Waals surface area contributed by atoms with Crippen LogP contribution in [0.3, 0.4) is 0 Å². The van der Waals surface area contributed by atoms with Gasteiger partial charge in [0.2, 0.25) is 0 Å². The van der Waals surface area contributed by atoms with E-state index in [1.54, 1.807) is 32.2 Å². The normalized spacial score (nSPS) is 10.5. The van der Waals surface area contributed by atoms with Gasteiger partial charge in [0.05, 0.1) is 20.7 Å². The maximum absolute atomic E-state index is 12.1. The van der Waals surface area contributed by atoms with Gasteiger partial charge in [-0.2, -0.15) is 0 Å². The summed E-state index contributed by atoms with van der Waals surface area (Å²) in [6.45, 7) is 3.56. The highest BCUT2D eigenvalue weighted by Gasteiger charge is 2.18. The van der Waals surface area contributed by atoms with E-state index in [-0.39, 0.29) is 12.5 Å². The third-order valence-electron chi connectivity index (χ3n) is 3.25. The second-order valence-electron chi connectivity index (χ2n) is 5.22. The Morgan fingerprint density at radius 2 is 1.96 bits per heavy atom. The van der Waals surface area contributed by atoms with Crippen molar-refractivity contribution in [2.45, 2.75) is 20.4 Å². The predicted octanol–water partition coefficient (Wildman–Crippen LogP) is 3.88. The number of thiazole rings is 1. The largest absolute Gasteiger partial charge is 0.451 e. The smallest absolute Gasteiger partial charge is 0.350 e. The molecule has 0 radical (unpaired) electrons. The van der Waals surface area contributed by atoms with E-state index in [2.05, 4.69) is 4.98 Å². The first-order chi connectivity index (χ1) is 11.3. The van der Waals surface area contributed by atoms with Gasteiger partial charge in [0.1, 0.15) is 4.88 Å². The van der Waals surface area contributed by atoms with Gasteiger partial charge < -0.3 is 9.64 Å². The summed E-state index contributed by atoms with van der Waals surface area (Å²) < 4.78 is 5.08. The van der Waals surface area contributed by atoms with Crippen LogP contribution in [0.25, 0.3) is 0 Å². The molecule has 1 aromatic carbocycles. The molecule has 24 heavy (non-hydrogen) atoms. The van der Waals surface area contributed by atoms with Crippen molar-refractivity contribution in [3.63, 3.8) is 0 Å². The van der Waals surface area contributed by atoms with Crippen LogP contribution in [0.15, 0.2) is 18.2 Å². The van der Waals surface area contributed by atoms with E-state index < -0.39 is 5.97 Å². The van der Waals surface area contributed by atoms with Crippen molar-refractivity contribution in [1.82, 2.24) is 9.88 Å². The summed E-state index contributed by atoms with van der Waals surface area (Å²) >= 11 is 13.1. The summed E-state index contributed by atoms with van der Waals surface area (Å²) in [4.78, 5) is 30.1. The topological polar surface area (TPSA) is 59.5 Å². The lowest BCUT2D eigenvalue weighted by Gasteiger charge is -2.17. The lowest BCUT2D eigenvalue weighted by Crippen LogP contribution is -2.30. The average molecular weight is 387 g/mol. The van der Waals surface area contributed by atoms with Crippen molar-refractivity contribution in [3.05, 3.63) is 49.4 Å². The Kier molecular flexibility index (Phi) is 6.21. The molecule has 1 amide bonds. The SMILES string of the molecule is Cc1nc(C)c(C(=O)OCC(=O)N(C)Cc2ccc(Cl)c(Cl)c2)s1. The average Bonchev–Trinajstić information content (AvgIpc) is 2.86. The number of halogens is 2. The molecule has 1 aromatic heterocycles. The zero-order chi connectivity index (χ0) is 17.9. The first-order valence-corrected chi connectivity index (χ1v) is 8.64. The van der Waals surface area contributed by atoms with Crippen LogP contribution < -0.4 is 0 Å². The molecule has 0 saturated heterocycles. The third-order valence-corrected chi connectivity index (χ3v) is 5.04. The van der Waals surface area contributed by atoms with Gasteiger partial charge >= 0.3 is 5.97 Å². The van der Waals surface area contributed by atoms with Crippen molar-refractivity contribution < 1.29 is 14.3 Å². The number of hydrogen-bond donors (Lipinski definition) is 0. The Bertz CT molecular complexity index is 777. The second kappa shape index (κ2) is 7.96. The molecule has 0 fully saturated rings. The van der Waals surface area contributed by atoms with E-state index in [4.69, 9.17) is 27.9 Å². The molecule has 5 nitrogen and oxygen atoms in total. The molecule has 0 atom stereocenters. The molecule has 0 N–H and O–H groups in total. The number of aryl methyl sites for hydroxylation is 2. The number of carbonyl (C=O) groups excluding carboxylic acids is 2. The zero-order valence-corrected chi connectivity index (χ0v) is 15.8. The highest BCUT2D eigenvalue weighted by Crippen LogP contribution is 2.23. The number of rotatable bonds is 5. The zero-order valence-electron chi connectivity index (χ0n) is 13.4. The molecule has 0 aliphatic heterocycles. The molecule has 1 heterocycles. The highest BCUT2D eigenvalue weighted by atomic mass is 35.5. The monoisotopic (exact) mass is 386 g/mol. The Hall–Kier alpha value is -1.63. The molecule has 128 valence electrons. The van der Waals surface area contributed by atoms with Crippen LogP contribution in [0.5, 0.6) is 0 Å². The number of esters is 1. The van der Waals surface area contributed by atoms with Crippen LogP contribution in [0.4, 0.5) is 0 Å². The highest BCUT2D eigenvalue weighted by molar-refractivity contribution is 7.13. The summed E-state index contributed by atoms with van der Waals surface area (Å²) in [6.07, 6.45) is 0. The molecule has 0 bridgehead atoms. The van der Waals surface area contributed by atoms with Crippen molar-refractivity contribution in [2.24, 2.45) is 0 Å². The summed E-state index contributed by atoms with van der Waals surface area (Å²) in [5.74, 6) is -0.845. The minimum Gasteiger partial charge on any atom is -0.451 e. The van der Waals surface area contributed by atoms with Crippen LogP contribution in [0.2, 0.25) is 10.0 Å². The van der Waals surface area contributed by atoms with E-state index >= 15 is 0 Å². The quantitative estimate of drug-likeness (QED) is 0.731. The van der Waals surface area contributed by atoms with Gasteiger partial charge in [0.25, 0.3) is 5.91 Å². The van der Waals surface area contributed by atoms with Crippen LogP contribution in [-0.2, 0) is 16.1 Å². The number of ether oxygens (including phenoxy) is 1. The van der Waals surface area contributed by atoms with Crippen molar-refractivity contribution >= 4 is 46.4 Å². The van der Waals surface area contributed by atoms with Crippen molar-refractivity contribution in [1.29, 1.82) is 0 Å². The van der Waals surface area contributed by atoms with Gasteiger partial charge in [-0.05, 0) is 31.5 Å². The standard InChI is InChI=1S/C16H16Cl2N2O3S/c1-9-15(24-10(2)19-9)16(22)23-8-14(21)20(3)7-11-4-5-12(17)13(18)6-11/h4-6H,7-8H2,1-3H3. The lowest BCUT2D eigenvalue weighted by atomic mass is 10.2. The van der Waals surface area contributed by atoms with Crippen LogP contribution in [0, 0.1) is 13.8 Å². The Morgan fingerprint density at radius 3 is 2.54 bits per heavy atom. The number of aromatic nitrogens is 1. The van der Waals surface area contributed by atoms with Crippen LogP contribution >= 0.6 is 34.5 Å². The van der Waals surface area contributed by atoms with Crippen LogP contribution in [0.1, 0.15) is 25.9 Å². The molecular formula is C16H16Cl2N2O3S. The Morgan fingerprint density at radius 1 is 1.25 bits per heavy atom. The van der Waals surface area contributed by atoms with Gasteiger partial charge in [-0.25, -0.2) is 9.78 Å². The molecule has 2 rings (SSSR count). The number of benzene rings is 1. The fourth-order valence-corrected chi connectivity index (χ4v) is 3.16. The number of amides is 1. The Balaban J connectivity index is 1.90. The predicted molar refractivity (Wildman–Crippen MR) is 94.8 cm³/mol. The molecule has 0 saturated carbocycles. The molecule has 2 aromatic rings. The van der Waals surface area contributed by atoms with Crippen molar-refractivity contribution in [2.75, 3.05) is 13.7 Å². The Labute approximate surface area is 154 Å². The first-order valence-electron chi connectivity index (χ1n) is 7.07. The summed E-state index contributed by atoms with van der Waals surface area (Å²) in [5, 5.41) is 1.67. The van der Waals surface area contributed by atoms with E-state index in [1.165, 1.54) is 16.2 Å². The summed E-state index contributed by atoms with van der Waals surface area (Å²) in [7, 11) is 1.63. The van der Waals surface area contributed by atoms with E-state index in [0.29, 0.717) is 27.2 Å². The van der Waals surface area contributed by atoms with E-state index in [9.17, 15) is 9.59 Å². The lowest BCUT2D eigenvalue weighted by molar-refractivity contribution is -0.133. The maximum atomic E-state index is 12.1. The minimum atomic E-state index is -0.533. The van der Waals surface area contributed by atoms with Gasteiger partial charge in [-0.1, -0.05) is 29.3 Å². The first kappa shape index (κ1) is 18.7. The fourth-order valence-electron chi connectivity index (χ4n) is 2.02. The number of hydrogen-bond acceptors (Lipinski definition) is 5. The minimum absolute atomic E-state index is 0.312. The molecular weight excluding hydrogens is 371 g/mol. The van der Waals surface area contributed by atoms with E-state index in [0.717, 1.165) is 10.6 Å². The van der Waals surface area contributed by atoms with Gasteiger partial charge in [-0.15, -0.1) is 11.3 Å². The number of likely N-dealkylation sites (N-methyl/N-ethyl adjacent to an activating group) is 1. The van der Waals surface area contributed by atoms with Gasteiger partial charge in [0, 0.05) is 13.6 Å². The number of carbonyl (C=O) groups is 2. The number of nitrogens with zero attached hydrogens (tertiary/aromatic N) is 2. The van der Waals surface area contributed by atoms with Gasteiger partial charge in [0.15, 0.2) is 6.61 Å². The summed E-state index contributed by atoms with van der Waals surface area (Å²) in [5.41, 5.74) is 1.44. The van der Waals surface area contributed by atoms with Crippen LogP contribution in [-0.4, -0.2) is 35.4 Å². The third kappa shape index (κ3) is 4.69.